The van der Waals surface area contributed by atoms with Gasteiger partial charge in [0.1, 0.15) is 0 Å². The van der Waals surface area contributed by atoms with Crippen molar-refractivity contribution >= 4 is 48.1 Å². The van der Waals surface area contributed by atoms with Gasteiger partial charge in [0.15, 0.2) is 0 Å². The summed E-state index contributed by atoms with van der Waals surface area (Å²) in [4.78, 5) is 15.6. The zero-order valence-corrected chi connectivity index (χ0v) is 14.2. The van der Waals surface area contributed by atoms with Gasteiger partial charge in [-0.25, -0.2) is 0 Å². The molecule has 1 aliphatic rings. The van der Waals surface area contributed by atoms with E-state index in [4.69, 9.17) is 4.74 Å². The molecule has 0 radical (unpaired) electrons. The first-order chi connectivity index (χ1) is 10.6. The van der Waals surface area contributed by atoms with Crippen LogP contribution in [0.2, 0.25) is 0 Å². The Bertz CT molecular complexity index is 851. The first kappa shape index (κ1) is 14.2. The number of carbonyl (C=O) groups excluding carboxylic acids is 1. The van der Waals surface area contributed by atoms with Crippen LogP contribution in [0.1, 0.15) is 23.5 Å². The molecule has 1 amide bonds. The second-order valence-corrected chi connectivity index (χ2v) is 7.99. The number of hydrogen-bond donors (Lipinski definition) is 0. The highest BCUT2D eigenvalue weighted by Crippen LogP contribution is 2.39. The molecule has 0 spiro atoms. The summed E-state index contributed by atoms with van der Waals surface area (Å²) >= 11 is 3.38. The number of rotatable bonds is 1. The molecule has 0 bridgehead atoms. The van der Waals surface area contributed by atoms with E-state index >= 15 is 0 Å². The van der Waals surface area contributed by atoms with E-state index in [1.165, 1.54) is 19.5 Å². The van der Waals surface area contributed by atoms with Gasteiger partial charge in [-0.2, -0.15) is 0 Å². The molecule has 2 atom stereocenters. The van der Waals surface area contributed by atoms with Gasteiger partial charge in [0.25, 0.3) is 5.91 Å². The number of hydrogen-bond acceptors (Lipinski definition) is 4. The van der Waals surface area contributed by atoms with Crippen LogP contribution in [0.5, 0.6) is 0 Å². The molecule has 2 aromatic heterocycles. The van der Waals surface area contributed by atoms with E-state index in [0.717, 1.165) is 4.88 Å². The summed E-state index contributed by atoms with van der Waals surface area (Å²) in [5.41, 5.74) is 0. The largest absolute Gasteiger partial charge is 0.375 e. The molecule has 3 nitrogen and oxygen atoms in total. The van der Waals surface area contributed by atoms with Gasteiger partial charge >= 0.3 is 0 Å². The molecule has 1 saturated heterocycles. The van der Waals surface area contributed by atoms with E-state index in [2.05, 4.69) is 37.3 Å². The standard InChI is InChI=1S/C17H17NO2S2/c1-10-9-20-11(2)8-18(10)17(19)15-7-14-16(22-15)12-5-3-4-6-13(12)21-14/h3-7,10-11H,8-9H2,1-2H3/t10-,11-/m1/s1. The topological polar surface area (TPSA) is 29.5 Å². The second kappa shape index (κ2) is 5.33. The quantitative estimate of drug-likeness (QED) is 0.663. The average Bonchev–Trinajstić information content (AvgIpc) is 3.06. The summed E-state index contributed by atoms with van der Waals surface area (Å²) in [5, 5.41) is 1.26. The van der Waals surface area contributed by atoms with Gasteiger partial charge in [0.2, 0.25) is 0 Å². The molecular weight excluding hydrogens is 314 g/mol. The van der Waals surface area contributed by atoms with Crippen molar-refractivity contribution in [3.63, 3.8) is 0 Å². The van der Waals surface area contributed by atoms with Crippen LogP contribution in [0, 0.1) is 0 Å². The summed E-state index contributed by atoms with van der Waals surface area (Å²) in [7, 11) is 0. The van der Waals surface area contributed by atoms with Gasteiger partial charge in [-0.3, -0.25) is 4.79 Å². The first-order valence-electron chi connectivity index (χ1n) is 7.47. The molecule has 0 saturated carbocycles. The number of benzene rings is 1. The first-order valence-corrected chi connectivity index (χ1v) is 9.10. The van der Waals surface area contributed by atoms with Gasteiger partial charge in [0, 0.05) is 21.3 Å². The van der Waals surface area contributed by atoms with Crippen molar-refractivity contribution in [1.82, 2.24) is 4.90 Å². The number of ether oxygens (including phenoxy) is 1. The van der Waals surface area contributed by atoms with Crippen molar-refractivity contribution in [3.8, 4) is 0 Å². The van der Waals surface area contributed by atoms with Crippen molar-refractivity contribution in [2.75, 3.05) is 13.2 Å². The third-order valence-corrected chi connectivity index (χ3v) is 6.53. The predicted molar refractivity (Wildman–Crippen MR) is 93.1 cm³/mol. The summed E-state index contributed by atoms with van der Waals surface area (Å²) in [6, 6.07) is 10.6. The van der Waals surface area contributed by atoms with Crippen LogP contribution in [0.25, 0.3) is 19.5 Å². The Morgan fingerprint density at radius 1 is 1.23 bits per heavy atom. The fraction of sp³-hybridized carbons (Fsp3) is 0.353. The summed E-state index contributed by atoms with van der Waals surface area (Å²) in [6.07, 6.45) is 0.113. The molecule has 114 valence electrons. The van der Waals surface area contributed by atoms with E-state index in [0.29, 0.717) is 13.2 Å². The molecule has 0 unspecified atom stereocenters. The second-order valence-electron chi connectivity index (χ2n) is 5.85. The van der Waals surface area contributed by atoms with Crippen LogP contribution in [0.15, 0.2) is 30.3 Å². The summed E-state index contributed by atoms with van der Waals surface area (Å²) in [5.74, 6) is 0.139. The molecule has 3 heterocycles. The van der Waals surface area contributed by atoms with Crippen LogP contribution in [-0.4, -0.2) is 36.1 Å². The molecule has 0 aliphatic carbocycles. The Labute approximate surface area is 137 Å². The molecule has 22 heavy (non-hydrogen) atoms. The van der Waals surface area contributed by atoms with Crippen LogP contribution >= 0.6 is 22.7 Å². The number of morpholine rings is 1. The maximum Gasteiger partial charge on any atom is 0.264 e. The molecule has 3 aromatic rings. The van der Waals surface area contributed by atoms with E-state index in [1.54, 1.807) is 22.7 Å². The molecular formula is C17H17NO2S2. The lowest BCUT2D eigenvalue weighted by atomic mass is 10.2. The number of nitrogens with zero attached hydrogens (tertiary/aromatic N) is 1. The van der Waals surface area contributed by atoms with Gasteiger partial charge in [-0.15, -0.1) is 22.7 Å². The Kier molecular flexibility index (Phi) is 3.44. The van der Waals surface area contributed by atoms with Crippen molar-refractivity contribution < 1.29 is 9.53 Å². The lowest BCUT2D eigenvalue weighted by Crippen LogP contribution is -2.50. The van der Waals surface area contributed by atoms with Gasteiger partial charge in [-0.05, 0) is 26.0 Å². The van der Waals surface area contributed by atoms with E-state index < -0.39 is 0 Å². The molecule has 1 aliphatic heterocycles. The minimum absolute atomic E-state index is 0.113. The predicted octanol–water partition coefficient (Wildman–Crippen LogP) is 4.37. The van der Waals surface area contributed by atoms with Crippen LogP contribution < -0.4 is 0 Å². The van der Waals surface area contributed by atoms with Crippen molar-refractivity contribution in [2.45, 2.75) is 26.0 Å². The number of fused-ring (bicyclic) bond motifs is 3. The smallest absolute Gasteiger partial charge is 0.264 e. The van der Waals surface area contributed by atoms with Crippen LogP contribution in [0.4, 0.5) is 0 Å². The van der Waals surface area contributed by atoms with E-state index in [9.17, 15) is 4.79 Å². The average molecular weight is 331 g/mol. The van der Waals surface area contributed by atoms with Crippen LogP contribution in [-0.2, 0) is 4.74 Å². The Balaban J connectivity index is 1.72. The summed E-state index contributed by atoms with van der Waals surface area (Å²) < 4.78 is 9.35. The third kappa shape index (κ3) is 2.24. The number of carbonyl (C=O) groups is 1. The van der Waals surface area contributed by atoms with Gasteiger partial charge in [0.05, 0.1) is 28.3 Å². The SMILES string of the molecule is C[C@@H]1CN(C(=O)c2cc3sc4ccccc4c3s2)[C@H](C)CO1. The highest BCUT2D eigenvalue weighted by Gasteiger charge is 2.29. The zero-order chi connectivity index (χ0) is 15.3. The van der Waals surface area contributed by atoms with Gasteiger partial charge in [-0.1, -0.05) is 18.2 Å². The van der Waals surface area contributed by atoms with Gasteiger partial charge < -0.3 is 9.64 Å². The minimum Gasteiger partial charge on any atom is -0.375 e. The monoisotopic (exact) mass is 331 g/mol. The molecule has 0 N–H and O–H groups in total. The van der Waals surface area contributed by atoms with Crippen molar-refractivity contribution in [3.05, 3.63) is 35.2 Å². The molecule has 1 aromatic carbocycles. The lowest BCUT2D eigenvalue weighted by Gasteiger charge is -2.36. The maximum absolute atomic E-state index is 12.8. The number of amides is 1. The fourth-order valence-electron chi connectivity index (χ4n) is 2.93. The van der Waals surface area contributed by atoms with Crippen molar-refractivity contribution in [1.29, 1.82) is 0 Å². The van der Waals surface area contributed by atoms with Crippen molar-refractivity contribution in [2.24, 2.45) is 0 Å². The molecule has 5 heteroatoms. The van der Waals surface area contributed by atoms with Crippen LogP contribution in [0.3, 0.4) is 0 Å². The zero-order valence-electron chi connectivity index (χ0n) is 12.5. The minimum atomic E-state index is 0.113. The highest BCUT2D eigenvalue weighted by molar-refractivity contribution is 7.33. The normalized spacial score (nSPS) is 22.5. The Morgan fingerprint density at radius 2 is 2.05 bits per heavy atom. The molecule has 4 rings (SSSR count). The summed E-state index contributed by atoms with van der Waals surface area (Å²) in [6.45, 7) is 5.36. The maximum atomic E-state index is 12.8. The highest BCUT2D eigenvalue weighted by atomic mass is 32.1. The fourth-order valence-corrected chi connectivity index (χ4v) is 5.41. The lowest BCUT2D eigenvalue weighted by molar-refractivity contribution is -0.0385. The third-order valence-electron chi connectivity index (χ3n) is 4.13. The molecule has 1 fully saturated rings. The van der Waals surface area contributed by atoms with E-state index in [-0.39, 0.29) is 18.1 Å². The number of thiophene rings is 2. The van der Waals surface area contributed by atoms with E-state index in [1.807, 2.05) is 11.8 Å². The Morgan fingerprint density at radius 3 is 2.91 bits per heavy atom. The Hall–Kier alpha value is -1.43.